The van der Waals surface area contributed by atoms with Gasteiger partial charge >= 0.3 is 6.18 Å². The van der Waals surface area contributed by atoms with Crippen LogP contribution in [0.5, 0.6) is 5.75 Å². The molecule has 2 fully saturated rings. The van der Waals surface area contributed by atoms with Gasteiger partial charge in [-0.15, -0.1) is 0 Å². The van der Waals surface area contributed by atoms with Crippen molar-refractivity contribution in [2.75, 3.05) is 16.4 Å². The number of rotatable bonds is 7. The summed E-state index contributed by atoms with van der Waals surface area (Å²) in [6.45, 7) is 4.15. The van der Waals surface area contributed by atoms with E-state index in [-0.39, 0.29) is 22.2 Å². The molecule has 1 aliphatic heterocycles. The Kier molecular flexibility index (Phi) is 7.39. The molecule has 6 rings (SSSR count). The van der Waals surface area contributed by atoms with Gasteiger partial charge in [-0.2, -0.15) is 23.5 Å². The number of halogens is 3. The zero-order chi connectivity index (χ0) is 32.3. The maximum Gasteiger partial charge on any atom is 0.417 e. The third kappa shape index (κ3) is 4.73. The van der Waals surface area contributed by atoms with E-state index in [1.807, 2.05) is 13.8 Å². The summed E-state index contributed by atoms with van der Waals surface area (Å²) in [6, 6.07) is 9.82. The van der Waals surface area contributed by atoms with Crippen LogP contribution in [0.15, 0.2) is 41.2 Å². The van der Waals surface area contributed by atoms with Crippen molar-refractivity contribution >= 4 is 45.6 Å². The minimum Gasteiger partial charge on any atom is -0.493 e. The fraction of sp³-hybridized carbons (Fsp3) is 0.355. The summed E-state index contributed by atoms with van der Waals surface area (Å²) < 4.78 is 48.9. The van der Waals surface area contributed by atoms with E-state index in [4.69, 9.17) is 21.9 Å². The van der Waals surface area contributed by atoms with Crippen molar-refractivity contribution in [1.29, 1.82) is 5.26 Å². The van der Waals surface area contributed by atoms with Crippen LogP contribution in [0.25, 0.3) is 22.4 Å². The predicted molar refractivity (Wildman–Crippen MR) is 165 cm³/mol. The zero-order valence-corrected chi connectivity index (χ0v) is 25.5. The van der Waals surface area contributed by atoms with Crippen molar-refractivity contribution in [3.63, 3.8) is 0 Å². The molecule has 2 aliphatic rings. The van der Waals surface area contributed by atoms with Crippen molar-refractivity contribution in [2.45, 2.75) is 57.7 Å². The van der Waals surface area contributed by atoms with Gasteiger partial charge in [0.25, 0.3) is 11.5 Å². The number of nitrogens with zero attached hydrogens (tertiary/aromatic N) is 6. The van der Waals surface area contributed by atoms with E-state index >= 15 is 0 Å². The smallest absolute Gasteiger partial charge is 0.417 e. The first-order valence-electron chi connectivity index (χ1n) is 14.5. The van der Waals surface area contributed by atoms with Crippen LogP contribution < -0.4 is 20.1 Å². The van der Waals surface area contributed by atoms with Crippen LogP contribution in [0, 0.1) is 11.3 Å². The van der Waals surface area contributed by atoms with E-state index in [9.17, 15) is 28.0 Å². The monoisotopic (exact) mass is 635 g/mol. The largest absolute Gasteiger partial charge is 0.493 e. The van der Waals surface area contributed by atoms with Gasteiger partial charge in [0.05, 0.1) is 40.7 Å². The normalized spacial score (nSPS) is 16.0. The summed E-state index contributed by atoms with van der Waals surface area (Å²) >= 11 is 5.80. The maximum atomic E-state index is 14.0. The minimum atomic E-state index is -4.81. The van der Waals surface area contributed by atoms with Gasteiger partial charge in [0.15, 0.2) is 10.6 Å². The molecule has 2 aromatic carbocycles. The molecule has 0 bridgehead atoms. The van der Waals surface area contributed by atoms with Crippen molar-refractivity contribution < 1.29 is 22.7 Å². The number of carbonyl (C=O) groups excluding carboxylic acids is 1. The van der Waals surface area contributed by atoms with E-state index in [0.717, 1.165) is 29.9 Å². The summed E-state index contributed by atoms with van der Waals surface area (Å²) in [4.78, 5) is 37.6. The van der Waals surface area contributed by atoms with E-state index in [1.54, 1.807) is 36.2 Å². The second-order valence-corrected chi connectivity index (χ2v) is 11.4. The molecule has 4 aromatic rings. The second-order valence-electron chi connectivity index (χ2n) is 11.0. The lowest BCUT2D eigenvalue weighted by molar-refractivity contribution is -0.137. The lowest BCUT2D eigenvalue weighted by atomic mass is 9.75. The molecule has 1 amide bonds. The topological polar surface area (TPSA) is 120 Å². The third-order valence-electron chi connectivity index (χ3n) is 8.31. The number of nitriles is 1. The van der Waals surface area contributed by atoms with Gasteiger partial charge in [-0.3, -0.25) is 19.2 Å². The minimum absolute atomic E-state index is 0.00189. The quantitative estimate of drug-likeness (QED) is 0.260. The number of fused-ring (bicyclic) bond motifs is 1. The van der Waals surface area contributed by atoms with Crippen LogP contribution in [0.2, 0.25) is 0 Å². The van der Waals surface area contributed by atoms with Crippen LogP contribution in [0.1, 0.15) is 56.4 Å². The molecule has 3 heterocycles. The Morgan fingerprint density at radius 1 is 1.13 bits per heavy atom. The van der Waals surface area contributed by atoms with Gasteiger partial charge in [0.2, 0.25) is 0 Å². The molecule has 1 N–H and O–H groups in total. The number of aryl methyl sites for hydroxylation is 2. The van der Waals surface area contributed by atoms with Crippen molar-refractivity contribution in [1.82, 2.24) is 19.7 Å². The molecule has 0 radical (unpaired) electrons. The molecular weight excluding hydrogens is 607 g/mol. The molecule has 14 heteroatoms. The van der Waals surface area contributed by atoms with Crippen LogP contribution in [0.3, 0.4) is 0 Å². The number of nitrogens with one attached hydrogen (secondary N) is 1. The first-order chi connectivity index (χ1) is 21.4. The third-order valence-corrected chi connectivity index (χ3v) is 8.67. The highest BCUT2D eigenvalue weighted by molar-refractivity contribution is 7.81. The average Bonchev–Trinajstić information content (AvgIpc) is 3.42. The van der Waals surface area contributed by atoms with E-state index in [1.165, 1.54) is 10.7 Å². The first-order valence-corrected chi connectivity index (χ1v) is 14.9. The van der Waals surface area contributed by atoms with Gasteiger partial charge in [-0.05, 0) is 81.2 Å². The van der Waals surface area contributed by atoms with Gasteiger partial charge in [-0.1, -0.05) is 13.3 Å². The Labute approximate surface area is 261 Å². The molecule has 232 valence electrons. The number of ether oxygens (including phenoxy) is 1. The molecule has 1 saturated heterocycles. The Morgan fingerprint density at radius 3 is 2.49 bits per heavy atom. The van der Waals surface area contributed by atoms with E-state index in [2.05, 4.69) is 10.1 Å². The maximum absolute atomic E-state index is 14.0. The van der Waals surface area contributed by atoms with Crippen LogP contribution in [0.4, 0.5) is 24.5 Å². The molecule has 1 spiro atoms. The Bertz CT molecular complexity index is 1970. The number of aromatic nitrogens is 4. The fourth-order valence-corrected chi connectivity index (χ4v) is 6.58. The first kappa shape index (κ1) is 30.3. The lowest BCUT2D eigenvalue weighted by Gasteiger charge is -2.43. The predicted octanol–water partition coefficient (Wildman–Crippen LogP) is 5.63. The Hall–Kier alpha value is -4.77. The summed E-state index contributed by atoms with van der Waals surface area (Å²) in [7, 11) is 1.69. The molecule has 0 unspecified atom stereocenters. The highest BCUT2D eigenvalue weighted by Gasteiger charge is 2.59. The number of alkyl halides is 3. The number of aromatic amines is 1. The molecule has 45 heavy (non-hydrogen) atoms. The van der Waals surface area contributed by atoms with E-state index < -0.39 is 28.7 Å². The van der Waals surface area contributed by atoms with Crippen LogP contribution in [-0.2, 0) is 24.4 Å². The molecule has 0 atom stereocenters. The van der Waals surface area contributed by atoms with Crippen molar-refractivity contribution in [3.05, 3.63) is 63.6 Å². The molecule has 10 nitrogen and oxygen atoms in total. The van der Waals surface area contributed by atoms with Crippen molar-refractivity contribution in [3.8, 4) is 23.2 Å². The standard InChI is InChI=1S/C31H28F3N7O3S/c1-4-7-22-24-25(39(3)38-22)27(42)37-26(36-24)20-14-19(10-11-23(20)44-5-2)41-29(45)40(28(43)30(41)12-6-13-30)18-9-8-17(16-35)21(15-18)31(32,33)34/h8-11,14-15H,4-7,12-13H2,1-3H3,(H,36,37,42). The molecule has 1 saturated carbocycles. The Morgan fingerprint density at radius 2 is 1.87 bits per heavy atom. The highest BCUT2D eigenvalue weighted by atomic mass is 32.1. The Balaban J connectivity index is 1.49. The number of thiocarbonyl (C=S) groups is 1. The second kappa shape index (κ2) is 11.0. The lowest BCUT2D eigenvalue weighted by Crippen LogP contribution is -2.55. The van der Waals surface area contributed by atoms with Crippen LogP contribution >= 0.6 is 12.2 Å². The SMILES string of the molecule is CCCc1nn(C)c2c(=O)[nH]c(-c3cc(N4C(=S)N(c5ccc(C#N)c(C(F)(F)F)c5)C(=O)C45CCC5)ccc3OCC)nc12. The fourth-order valence-electron chi connectivity index (χ4n) is 6.11. The highest BCUT2D eigenvalue weighted by Crippen LogP contribution is 2.49. The number of H-pyrrole nitrogens is 1. The van der Waals surface area contributed by atoms with Crippen LogP contribution in [-0.4, -0.2) is 42.9 Å². The number of anilines is 2. The molecular formula is C31H28F3N7O3S. The van der Waals surface area contributed by atoms with Gasteiger partial charge in [-0.25, -0.2) is 4.98 Å². The van der Waals surface area contributed by atoms with Gasteiger partial charge in [0, 0.05) is 12.7 Å². The van der Waals surface area contributed by atoms with E-state index in [0.29, 0.717) is 59.6 Å². The summed E-state index contributed by atoms with van der Waals surface area (Å²) in [5.41, 5.74) is -0.823. The number of amides is 1. The summed E-state index contributed by atoms with van der Waals surface area (Å²) in [5, 5.41) is 13.7. The number of benzene rings is 2. The number of carbonyl (C=O) groups is 1. The number of hydrogen-bond acceptors (Lipinski definition) is 7. The zero-order valence-electron chi connectivity index (χ0n) is 24.7. The summed E-state index contributed by atoms with van der Waals surface area (Å²) in [6.07, 6.45) is -1.79. The number of hydrogen-bond donors (Lipinski definition) is 1. The summed E-state index contributed by atoms with van der Waals surface area (Å²) in [5.74, 6) is 0.225. The van der Waals surface area contributed by atoms with Crippen molar-refractivity contribution in [2.24, 2.45) is 7.05 Å². The van der Waals surface area contributed by atoms with Gasteiger partial charge in [0.1, 0.15) is 22.6 Å². The molecule has 2 aromatic heterocycles. The molecule has 1 aliphatic carbocycles. The van der Waals surface area contributed by atoms with Gasteiger partial charge < -0.3 is 14.6 Å². The average molecular weight is 636 g/mol.